The molecule has 2 heterocycles. The van der Waals surface area contributed by atoms with Crippen LogP contribution < -0.4 is 0 Å². The molecule has 0 aliphatic heterocycles. The van der Waals surface area contributed by atoms with Gasteiger partial charge in [-0.05, 0) is 31.9 Å². The quantitative estimate of drug-likeness (QED) is 0.717. The number of aromatic nitrogens is 2. The maximum atomic E-state index is 12.8. The van der Waals surface area contributed by atoms with Gasteiger partial charge in [0, 0.05) is 25.5 Å². The molecule has 3 rings (SSSR count). The van der Waals surface area contributed by atoms with Gasteiger partial charge in [-0.1, -0.05) is 30.3 Å². The van der Waals surface area contributed by atoms with Crippen molar-refractivity contribution in [3.63, 3.8) is 0 Å². The van der Waals surface area contributed by atoms with Gasteiger partial charge in [-0.2, -0.15) is 5.10 Å². The van der Waals surface area contributed by atoms with Crippen LogP contribution in [0.3, 0.4) is 0 Å². The summed E-state index contributed by atoms with van der Waals surface area (Å²) in [4.78, 5) is 16.6. The van der Waals surface area contributed by atoms with Crippen LogP contribution in [0.1, 0.15) is 27.9 Å². The van der Waals surface area contributed by atoms with Crippen molar-refractivity contribution in [1.82, 2.24) is 14.7 Å². The monoisotopic (exact) mass is 327 g/mol. The molecule has 0 aliphatic rings. The zero-order valence-corrected chi connectivity index (χ0v) is 14.6. The predicted molar refractivity (Wildman–Crippen MR) is 95.1 cm³/mol. The Kier molecular flexibility index (Phi) is 4.48. The molecule has 0 unspecified atom stereocenters. The number of fused-ring (bicyclic) bond motifs is 1. The summed E-state index contributed by atoms with van der Waals surface area (Å²) in [6.45, 7) is 5.47. The van der Waals surface area contributed by atoms with E-state index in [0.717, 1.165) is 40.3 Å². The molecule has 0 saturated heterocycles. The molecule has 4 nitrogen and oxygen atoms in total. The van der Waals surface area contributed by atoms with E-state index in [0.29, 0.717) is 0 Å². The predicted octanol–water partition coefficient (Wildman–Crippen LogP) is 3.65. The summed E-state index contributed by atoms with van der Waals surface area (Å²) >= 11 is 1.53. The molecule has 0 aliphatic carbocycles. The van der Waals surface area contributed by atoms with E-state index in [9.17, 15) is 4.79 Å². The third-order valence-corrected chi connectivity index (χ3v) is 5.28. The molecule has 3 aromatic rings. The first-order chi connectivity index (χ1) is 11.1. The zero-order valence-electron chi connectivity index (χ0n) is 13.7. The highest BCUT2D eigenvalue weighted by molar-refractivity contribution is 7.20. The molecular formula is C18H21N3OS. The number of aryl methyl sites for hydroxylation is 2. The van der Waals surface area contributed by atoms with Crippen molar-refractivity contribution in [3.8, 4) is 0 Å². The Morgan fingerprint density at radius 1 is 1.30 bits per heavy atom. The number of hydrogen-bond acceptors (Lipinski definition) is 3. The summed E-state index contributed by atoms with van der Waals surface area (Å²) in [5.41, 5.74) is 2.24. The molecule has 2 aromatic heterocycles. The van der Waals surface area contributed by atoms with Crippen molar-refractivity contribution in [2.75, 3.05) is 13.1 Å². The van der Waals surface area contributed by atoms with Crippen molar-refractivity contribution in [2.24, 2.45) is 7.05 Å². The molecule has 0 bridgehead atoms. The van der Waals surface area contributed by atoms with Crippen molar-refractivity contribution in [1.29, 1.82) is 0 Å². The summed E-state index contributed by atoms with van der Waals surface area (Å²) in [5.74, 6) is 0.115. The Morgan fingerprint density at radius 3 is 2.70 bits per heavy atom. The van der Waals surface area contributed by atoms with Gasteiger partial charge >= 0.3 is 0 Å². The molecule has 0 N–H and O–H groups in total. The second-order valence-corrected chi connectivity index (χ2v) is 6.69. The largest absolute Gasteiger partial charge is 0.338 e. The maximum absolute atomic E-state index is 12.8. The van der Waals surface area contributed by atoms with Crippen LogP contribution in [0.5, 0.6) is 0 Å². The summed E-state index contributed by atoms with van der Waals surface area (Å²) < 4.78 is 1.85. The average molecular weight is 327 g/mol. The molecule has 23 heavy (non-hydrogen) atoms. The first-order valence-corrected chi connectivity index (χ1v) is 8.68. The van der Waals surface area contributed by atoms with Gasteiger partial charge in [-0.25, -0.2) is 0 Å². The molecule has 1 amide bonds. The van der Waals surface area contributed by atoms with E-state index in [1.54, 1.807) is 0 Å². The Labute approximate surface area is 140 Å². The Bertz CT molecular complexity index is 785. The number of thiophene rings is 1. The summed E-state index contributed by atoms with van der Waals surface area (Å²) in [6.07, 6.45) is 0.881. The number of likely N-dealkylation sites (N-methyl/N-ethyl adjacent to an activating group) is 1. The SMILES string of the molecule is CCN(CCc1ccccc1)C(=O)c1cc2c(C)nn(C)c2s1. The molecule has 0 atom stereocenters. The van der Waals surface area contributed by atoms with Crippen molar-refractivity contribution >= 4 is 27.5 Å². The van der Waals surface area contributed by atoms with Crippen LogP contribution in [-0.2, 0) is 13.5 Å². The van der Waals surface area contributed by atoms with Gasteiger partial charge in [-0.15, -0.1) is 11.3 Å². The van der Waals surface area contributed by atoms with Gasteiger partial charge in [0.05, 0.1) is 10.6 Å². The average Bonchev–Trinajstić information content (AvgIpc) is 3.11. The highest BCUT2D eigenvalue weighted by atomic mass is 32.1. The molecular weight excluding hydrogens is 306 g/mol. The number of nitrogens with zero attached hydrogens (tertiary/aromatic N) is 3. The van der Waals surface area contributed by atoms with Crippen LogP contribution >= 0.6 is 11.3 Å². The first kappa shape index (κ1) is 15.7. The highest BCUT2D eigenvalue weighted by Crippen LogP contribution is 2.28. The Hall–Kier alpha value is -2.14. The topological polar surface area (TPSA) is 38.1 Å². The normalized spacial score (nSPS) is 11.1. The van der Waals surface area contributed by atoms with Crippen LogP contribution in [0.25, 0.3) is 10.2 Å². The minimum atomic E-state index is 0.115. The fraction of sp³-hybridized carbons (Fsp3) is 0.333. The lowest BCUT2D eigenvalue weighted by Crippen LogP contribution is -2.32. The molecule has 120 valence electrons. The van der Waals surface area contributed by atoms with E-state index >= 15 is 0 Å². The Balaban J connectivity index is 1.77. The third-order valence-electron chi connectivity index (χ3n) is 4.09. The minimum Gasteiger partial charge on any atom is -0.338 e. The summed E-state index contributed by atoms with van der Waals surface area (Å²) in [7, 11) is 1.92. The Morgan fingerprint density at radius 2 is 2.04 bits per heavy atom. The second-order valence-electron chi connectivity index (χ2n) is 5.66. The number of carbonyl (C=O) groups is 1. The number of hydrogen-bond donors (Lipinski definition) is 0. The smallest absolute Gasteiger partial charge is 0.264 e. The van der Waals surface area contributed by atoms with Gasteiger partial charge in [0.1, 0.15) is 4.83 Å². The molecule has 0 radical (unpaired) electrons. The molecule has 0 fully saturated rings. The minimum absolute atomic E-state index is 0.115. The lowest BCUT2D eigenvalue weighted by Gasteiger charge is -2.20. The van der Waals surface area contributed by atoms with Crippen LogP contribution in [0, 0.1) is 6.92 Å². The molecule has 0 saturated carbocycles. The van der Waals surface area contributed by atoms with E-state index < -0.39 is 0 Å². The van der Waals surface area contributed by atoms with E-state index in [1.807, 2.05) is 54.7 Å². The van der Waals surface area contributed by atoms with Crippen LogP contribution in [0.2, 0.25) is 0 Å². The zero-order chi connectivity index (χ0) is 16.4. The highest BCUT2D eigenvalue weighted by Gasteiger charge is 2.19. The fourth-order valence-electron chi connectivity index (χ4n) is 2.78. The number of rotatable bonds is 5. The van der Waals surface area contributed by atoms with E-state index in [4.69, 9.17) is 0 Å². The number of carbonyl (C=O) groups excluding carboxylic acids is 1. The van der Waals surface area contributed by atoms with Crippen LogP contribution in [-0.4, -0.2) is 33.7 Å². The number of amides is 1. The maximum Gasteiger partial charge on any atom is 0.264 e. The van der Waals surface area contributed by atoms with Crippen molar-refractivity contribution in [2.45, 2.75) is 20.3 Å². The van der Waals surface area contributed by atoms with Gasteiger partial charge in [0.2, 0.25) is 0 Å². The molecule has 5 heteroatoms. The van der Waals surface area contributed by atoms with E-state index in [1.165, 1.54) is 16.9 Å². The van der Waals surface area contributed by atoms with Gasteiger partial charge < -0.3 is 4.90 Å². The van der Waals surface area contributed by atoms with Crippen LogP contribution in [0.15, 0.2) is 36.4 Å². The van der Waals surface area contributed by atoms with Gasteiger partial charge in [-0.3, -0.25) is 9.48 Å². The molecule has 1 aromatic carbocycles. The first-order valence-electron chi connectivity index (χ1n) is 7.86. The van der Waals surface area contributed by atoms with Crippen molar-refractivity contribution in [3.05, 3.63) is 52.5 Å². The van der Waals surface area contributed by atoms with Gasteiger partial charge in [0.15, 0.2) is 0 Å². The van der Waals surface area contributed by atoms with Crippen molar-refractivity contribution < 1.29 is 4.79 Å². The van der Waals surface area contributed by atoms with E-state index in [-0.39, 0.29) is 5.91 Å². The molecule has 0 spiro atoms. The standard InChI is InChI=1S/C18H21N3OS/c1-4-21(11-10-14-8-6-5-7-9-14)17(22)16-12-15-13(2)19-20(3)18(15)23-16/h5-9,12H,4,10-11H2,1-3H3. The third kappa shape index (κ3) is 3.15. The van der Waals surface area contributed by atoms with E-state index in [2.05, 4.69) is 17.2 Å². The summed E-state index contributed by atoms with van der Waals surface area (Å²) in [6, 6.07) is 12.3. The lowest BCUT2D eigenvalue weighted by molar-refractivity contribution is 0.0771. The number of benzene rings is 1. The summed E-state index contributed by atoms with van der Waals surface area (Å²) in [5, 5.41) is 5.48. The fourth-order valence-corrected chi connectivity index (χ4v) is 3.87. The van der Waals surface area contributed by atoms with Crippen LogP contribution in [0.4, 0.5) is 0 Å². The lowest BCUT2D eigenvalue weighted by atomic mass is 10.1. The van der Waals surface area contributed by atoms with Gasteiger partial charge in [0.25, 0.3) is 5.91 Å². The second kappa shape index (κ2) is 6.54.